The van der Waals surface area contributed by atoms with Crippen molar-refractivity contribution in [3.05, 3.63) is 24.0 Å². The third kappa shape index (κ3) is 1.80. The predicted octanol–water partition coefficient (Wildman–Crippen LogP) is 0.357. The molecule has 0 aliphatic heterocycles. The van der Waals surface area contributed by atoms with E-state index in [4.69, 9.17) is 5.26 Å². The highest BCUT2D eigenvalue weighted by molar-refractivity contribution is 7.90. The molecule has 0 radical (unpaired) electrons. The summed E-state index contributed by atoms with van der Waals surface area (Å²) in [6, 6.07) is 3.11. The van der Waals surface area contributed by atoms with Gasteiger partial charge in [-0.3, -0.25) is 4.98 Å². The molecule has 62 valence electrons. The zero-order valence-corrected chi connectivity index (χ0v) is 7.17. The van der Waals surface area contributed by atoms with E-state index in [1.807, 2.05) is 6.07 Å². The summed E-state index contributed by atoms with van der Waals surface area (Å²) in [6.07, 6.45) is 3.61. The molecule has 0 saturated carbocycles. The van der Waals surface area contributed by atoms with Crippen LogP contribution >= 0.6 is 0 Å². The van der Waals surface area contributed by atoms with Gasteiger partial charge in [-0.05, 0) is 6.07 Å². The van der Waals surface area contributed by atoms with E-state index in [2.05, 4.69) is 4.98 Å². The van der Waals surface area contributed by atoms with Gasteiger partial charge in [-0.15, -0.1) is 0 Å². The van der Waals surface area contributed by atoms with Crippen LogP contribution in [0, 0.1) is 11.3 Å². The van der Waals surface area contributed by atoms with Crippen molar-refractivity contribution >= 4 is 9.84 Å². The van der Waals surface area contributed by atoms with Gasteiger partial charge < -0.3 is 0 Å². The Bertz CT molecular complexity index is 431. The lowest BCUT2D eigenvalue weighted by atomic mass is 10.3. The Hall–Kier alpha value is -1.41. The molecule has 0 atom stereocenters. The fourth-order valence-corrected chi connectivity index (χ4v) is 1.28. The van der Waals surface area contributed by atoms with Gasteiger partial charge in [0.2, 0.25) is 0 Å². The first-order valence-electron chi connectivity index (χ1n) is 3.09. The fraction of sp³-hybridized carbons (Fsp3) is 0.143. The first-order chi connectivity index (χ1) is 5.54. The molecule has 4 nitrogen and oxygen atoms in total. The van der Waals surface area contributed by atoms with Crippen molar-refractivity contribution in [3.63, 3.8) is 0 Å². The molecule has 0 unspecified atom stereocenters. The summed E-state index contributed by atoms with van der Waals surface area (Å²) in [7, 11) is -3.25. The summed E-state index contributed by atoms with van der Waals surface area (Å²) in [5.74, 6) is 0. The lowest BCUT2D eigenvalue weighted by Crippen LogP contribution is -1.97. The fourth-order valence-electron chi connectivity index (χ4n) is 0.683. The second kappa shape index (κ2) is 2.91. The van der Waals surface area contributed by atoms with Crippen LogP contribution in [0.3, 0.4) is 0 Å². The van der Waals surface area contributed by atoms with Crippen molar-refractivity contribution < 1.29 is 8.42 Å². The molecule has 1 aromatic heterocycles. The van der Waals surface area contributed by atoms with E-state index in [-0.39, 0.29) is 10.5 Å². The largest absolute Gasteiger partial charge is 0.262 e. The predicted molar refractivity (Wildman–Crippen MR) is 42.1 cm³/mol. The Kier molecular flexibility index (Phi) is 2.11. The monoisotopic (exact) mass is 182 g/mol. The van der Waals surface area contributed by atoms with Gasteiger partial charge in [-0.2, -0.15) is 5.26 Å². The molecule has 1 heterocycles. The average molecular weight is 182 g/mol. The Morgan fingerprint density at radius 1 is 1.50 bits per heavy atom. The Labute approximate surface area is 70.4 Å². The molecule has 0 spiro atoms. The van der Waals surface area contributed by atoms with Crippen molar-refractivity contribution in [1.29, 1.82) is 5.26 Å². The van der Waals surface area contributed by atoms with E-state index in [1.165, 1.54) is 18.5 Å². The molecule has 0 saturated heterocycles. The molecular formula is C7H6N2O2S. The second-order valence-electron chi connectivity index (χ2n) is 2.29. The molecular weight excluding hydrogens is 176 g/mol. The van der Waals surface area contributed by atoms with Gasteiger partial charge in [0, 0.05) is 18.6 Å². The number of hydrogen-bond acceptors (Lipinski definition) is 4. The highest BCUT2D eigenvalue weighted by Gasteiger charge is 2.07. The molecule has 0 aliphatic rings. The molecule has 0 bridgehead atoms. The SMILES string of the molecule is CS(=O)(=O)c1cncc(C#N)c1. The molecule has 0 aliphatic carbocycles. The quantitative estimate of drug-likeness (QED) is 0.628. The van der Waals surface area contributed by atoms with E-state index >= 15 is 0 Å². The minimum absolute atomic E-state index is 0.0709. The number of rotatable bonds is 1. The Balaban J connectivity index is 3.32. The molecule has 0 fully saturated rings. The molecule has 1 rings (SSSR count). The number of nitrogens with zero attached hydrogens (tertiary/aromatic N) is 2. The van der Waals surface area contributed by atoms with Crippen LogP contribution in [0.2, 0.25) is 0 Å². The summed E-state index contributed by atoms with van der Waals surface area (Å²) in [5.41, 5.74) is 0.248. The number of pyridine rings is 1. The first kappa shape index (κ1) is 8.68. The van der Waals surface area contributed by atoms with Crippen LogP contribution in [0.15, 0.2) is 23.4 Å². The van der Waals surface area contributed by atoms with Crippen molar-refractivity contribution in [1.82, 2.24) is 4.98 Å². The van der Waals surface area contributed by atoms with Gasteiger partial charge in [0.05, 0.1) is 10.5 Å². The normalized spacial score (nSPS) is 10.7. The molecule has 1 aromatic rings. The van der Waals surface area contributed by atoms with Gasteiger partial charge in [0.25, 0.3) is 0 Å². The van der Waals surface area contributed by atoms with Crippen molar-refractivity contribution in [3.8, 4) is 6.07 Å². The summed E-state index contributed by atoms with van der Waals surface area (Å²) in [4.78, 5) is 3.69. The lowest BCUT2D eigenvalue weighted by Gasteiger charge is -1.95. The number of aromatic nitrogens is 1. The van der Waals surface area contributed by atoms with E-state index in [9.17, 15) is 8.42 Å². The summed E-state index contributed by atoms with van der Waals surface area (Å²) in [5, 5.41) is 8.44. The highest BCUT2D eigenvalue weighted by atomic mass is 32.2. The van der Waals surface area contributed by atoms with Crippen molar-refractivity contribution in [2.75, 3.05) is 6.26 Å². The van der Waals surface area contributed by atoms with E-state index in [1.54, 1.807) is 0 Å². The third-order valence-corrected chi connectivity index (χ3v) is 2.35. The van der Waals surface area contributed by atoms with Gasteiger partial charge in [-0.25, -0.2) is 8.42 Å². The first-order valence-corrected chi connectivity index (χ1v) is 4.98. The Morgan fingerprint density at radius 2 is 2.17 bits per heavy atom. The average Bonchev–Trinajstić information content (AvgIpc) is 2.03. The maximum Gasteiger partial charge on any atom is 0.177 e. The maximum atomic E-state index is 11.0. The maximum absolute atomic E-state index is 11.0. The molecule has 0 aromatic carbocycles. The second-order valence-corrected chi connectivity index (χ2v) is 4.31. The van der Waals surface area contributed by atoms with E-state index in [0.29, 0.717) is 0 Å². The minimum Gasteiger partial charge on any atom is -0.262 e. The van der Waals surface area contributed by atoms with Crippen LogP contribution in [-0.2, 0) is 9.84 Å². The minimum atomic E-state index is -3.25. The number of sulfone groups is 1. The molecule has 0 N–H and O–H groups in total. The number of hydrogen-bond donors (Lipinski definition) is 0. The van der Waals surface area contributed by atoms with Crippen molar-refractivity contribution in [2.24, 2.45) is 0 Å². The molecule has 12 heavy (non-hydrogen) atoms. The summed E-state index contributed by atoms with van der Waals surface area (Å²) in [6.45, 7) is 0. The number of nitriles is 1. The van der Waals surface area contributed by atoms with Gasteiger partial charge in [-0.1, -0.05) is 0 Å². The van der Waals surface area contributed by atoms with Crippen molar-refractivity contribution in [2.45, 2.75) is 4.90 Å². The van der Waals surface area contributed by atoms with E-state index < -0.39 is 9.84 Å². The zero-order valence-electron chi connectivity index (χ0n) is 6.35. The van der Waals surface area contributed by atoms with Crippen LogP contribution in [-0.4, -0.2) is 19.7 Å². The van der Waals surface area contributed by atoms with E-state index in [0.717, 1.165) is 6.26 Å². The zero-order chi connectivity index (χ0) is 9.19. The summed E-state index contributed by atoms with van der Waals surface area (Å²) < 4.78 is 21.9. The van der Waals surface area contributed by atoms with Crippen LogP contribution < -0.4 is 0 Å². The van der Waals surface area contributed by atoms with Crippen LogP contribution in [0.25, 0.3) is 0 Å². The Morgan fingerprint density at radius 3 is 2.67 bits per heavy atom. The van der Waals surface area contributed by atoms with Crippen LogP contribution in [0.5, 0.6) is 0 Å². The third-order valence-electron chi connectivity index (χ3n) is 1.27. The highest BCUT2D eigenvalue weighted by Crippen LogP contribution is 2.07. The van der Waals surface area contributed by atoms with Crippen LogP contribution in [0.1, 0.15) is 5.56 Å². The topological polar surface area (TPSA) is 70.8 Å². The van der Waals surface area contributed by atoms with Gasteiger partial charge in [0.15, 0.2) is 9.84 Å². The summed E-state index contributed by atoms with van der Waals surface area (Å²) >= 11 is 0. The van der Waals surface area contributed by atoms with Gasteiger partial charge >= 0.3 is 0 Å². The lowest BCUT2D eigenvalue weighted by molar-refractivity contribution is 0.601. The molecule has 5 heteroatoms. The standard InChI is InChI=1S/C7H6N2O2S/c1-12(10,11)7-2-6(3-8)4-9-5-7/h2,4-5H,1H3. The van der Waals surface area contributed by atoms with Gasteiger partial charge in [0.1, 0.15) is 6.07 Å². The molecule has 0 amide bonds. The van der Waals surface area contributed by atoms with Crippen LogP contribution in [0.4, 0.5) is 0 Å². The smallest absolute Gasteiger partial charge is 0.177 e.